The Labute approximate surface area is 233 Å². The van der Waals surface area contributed by atoms with Crippen LogP contribution in [-0.2, 0) is 0 Å². The summed E-state index contributed by atoms with van der Waals surface area (Å²) < 4.78 is 43.2. The Morgan fingerprint density at radius 2 is 1.85 bits per heavy atom. The van der Waals surface area contributed by atoms with Gasteiger partial charge in [0.2, 0.25) is 0 Å². The molecule has 0 fully saturated rings. The smallest absolute Gasteiger partial charge is 0.406 e. The van der Waals surface area contributed by atoms with Crippen LogP contribution in [0.2, 0.25) is 0 Å². The topological polar surface area (TPSA) is 80.9 Å². The predicted octanol–water partition coefficient (Wildman–Crippen LogP) is 7.27. The Morgan fingerprint density at radius 1 is 1.10 bits per heavy atom. The number of benzene rings is 2. The van der Waals surface area contributed by atoms with E-state index in [9.17, 15) is 18.0 Å². The third-order valence-corrected chi connectivity index (χ3v) is 6.49. The minimum Gasteiger partial charge on any atom is -0.406 e. The van der Waals surface area contributed by atoms with Crippen LogP contribution in [-0.4, -0.2) is 32.8 Å². The number of carbonyl (C=O) groups is 1. The molecule has 1 unspecified atom stereocenters. The average Bonchev–Trinajstić information content (AvgIpc) is 3.32. The number of halogens is 3. The number of amidine groups is 1. The van der Waals surface area contributed by atoms with Gasteiger partial charge in [-0.3, -0.25) is 9.88 Å². The van der Waals surface area contributed by atoms with E-state index in [1.165, 1.54) is 24.3 Å². The zero-order valence-electron chi connectivity index (χ0n) is 21.4. The largest absolute Gasteiger partial charge is 0.573 e. The summed E-state index contributed by atoms with van der Waals surface area (Å²) in [6, 6.07) is 12.6. The lowest BCUT2D eigenvalue weighted by Gasteiger charge is -2.21. The van der Waals surface area contributed by atoms with Crippen molar-refractivity contribution in [3.8, 4) is 11.4 Å². The molecule has 0 spiro atoms. The molecule has 5 rings (SSSR count). The quantitative estimate of drug-likeness (QED) is 0.199. The van der Waals surface area contributed by atoms with Crippen LogP contribution in [0.5, 0.6) is 5.75 Å². The third-order valence-electron chi connectivity index (χ3n) is 6.28. The molecule has 3 aromatic rings. The zero-order chi connectivity index (χ0) is 28.4. The molecule has 7 nitrogen and oxygen atoms in total. The second-order valence-corrected chi connectivity index (χ2v) is 9.78. The van der Waals surface area contributed by atoms with Crippen molar-refractivity contribution in [1.29, 1.82) is 0 Å². The molecule has 1 atom stereocenters. The van der Waals surface area contributed by atoms with Gasteiger partial charge in [-0.1, -0.05) is 44.2 Å². The summed E-state index contributed by atoms with van der Waals surface area (Å²) in [5, 5.41) is 2.72. The van der Waals surface area contributed by atoms with Crippen molar-refractivity contribution >= 4 is 41.3 Å². The van der Waals surface area contributed by atoms with Gasteiger partial charge in [-0.2, -0.15) is 4.99 Å². The van der Waals surface area contributed by atoms with Gasteiger partial charge in [0.25, 0.3) is 0 Å². The summed E-state index contributed by atoms with van der Waals surface area (Å²) in [5.74, 6) is -0.197. The first-order chi connectivity index (χ1) is 19.1. The molecular weight excluding hydrogens is 539 g/mol. The number of nitrogens with one attached hydrogen (secondary N) is 1. The zero-order valence-corrected chi connectivity index (χ0v) is 22.3. The van der Waals surface area contributed by atoms with Crippen LogP contribution in [0.25, 0.3) is 11.8 Å². The average molecular weight is 564 g/mol. The number of carbonyl (C=O) groups excluding carboxylic acids is 1. The Balaban J connectivity index is 1.30. The third kappa shape index (κ3) is 6.09. The number of nitrogens with zero attached hydrogens (tertiary/aromatic N) is 4. The number of urea groups is 1. The summed E-state index contributed by atoms with van der Waals surface area (Å²) >= 11 is 4.31. The number of thiol groups is 1. The minimum atomic E-state index is -4.75. The number of fused-ring (bicyclic) bond motifs is 3. The summed E-state index contributed by atoms with van der Waals surface area (Å²) in [5.41, 5.74) is 5.33. The summed E-state index contributed by atoms with van der Waals surface area (Å²) in [6.45, 7) is 4.13. The van der Waals surface area contributed by atoms with Crippen molar-refractivity contribution in [2.75, 3.05) is 0 Å². The van der Waals surface area contributed by atoms with Gasteiger partial charge < -0.3 is 4.74 Å². The van der Waals surface area contributed by atoms with E-state index in [0.29, 0.717) is 11.4 Å². The fourth-order valence-corrected chi connectivity index (χ4v) is 4.72. The van der Waals surface area contributed by atoms with Gasteiger partial charge in [0, 0.05) is 11.6 Å². The van der Waals surface area contributed by atoms with E-state index in [1.54, 1.807) is 23.0 Å². The lowest BCUT2D eigenvalue weighted by atomic mass is 9.85. The standard InChI is InChI=1S/C29H24F3N5O2S/c1-17(2)22-5-3-4-6-24(22)35-28(40)36-27(38)34-19-8-13-23-18(15-19)7-14-25-26(23)33-16-37(25)20-9-11-21(12-10-20)39-29(30,31)32/h3-17,23H,1-2H3,(H2,35,36,38,40)/b34-19+. The van der Waals surface area contributed by atoms with Crippen LogP contribution >= 0.6 is 12.6 Å². The van der Waals surface area contributed by atoms with Gasteiger partial charge in [-0.15, -0.1) is 25.8 Å². The molecule has 1 N–H and O–H groups in total. The number of alkyl halides is 3. The highest BCUT2D eigenvalue weighted by Gasteiger charge is 2.31. The van der Waals surface area contributed by atoms with E-state index in [4.69, 9.17) is 0 Å². The molecule has 2 aromatic carbocycles. The molecule has 1 aromatic heterocycles. The first-order valence-corrected chi connectivity index (χ1v) is 12.8. The molecule has 11 heteroatoms. The van der Waals surface area contributed by atoms with Gasteiger partial charge in [0.15, 0.2) is 5.17 Å². The second-order valence-electron chi connectivity index (χ2n) is 9.36. The van der Waals surface area contributed by atoms with Crippen LogP contribution in [0.3, 0.4) is 0 Å². The van der Waals surface area contributed by atoms with E-state index in [0.717, 1.165) is 28.2 Å². The number of rotatable bonds is 4. The van der Waals surface area contributed by atoms with Crippen LogP contribution in [0.4, 0.5) is 23.7 Å². The molecule has 0 radical (unpaired) electrons. The molecule has 40 heavy (non-hydrogen) atoms. The molecular formula is C29H24F3N5O2S. The van der Waals surface area contributed by atoms with E-state index in [1.807, 2.05) is 42.5 Å². The van der Waals surface area contributed by atoms with Crippen LogP contribution in [0.1, 0.15) is 42.6 Å². The highest BCUT2D eigenvalue weighted by molar-refractivity contribution is 7.96. The van der Waals surface area contributed by atoms with E-state index in [-0.39, 0.29) is 22.8 Å². The van der Waals surface area contributed by atoms with Gasteiger partial charge in [-0.05, 0) is 65.6 Å². The fraction of sp³-hybridized carbons (Fsp3) is 0.172. The highest BCUT2D eigenvalue weighted by Crippen LogP contribution is 2.37. The molecule has 0 saturated heterocycles. The Morgan fingerprint density at radius 3 is 2.58 bits per heavy atom. The SMILES string of the molecule is CC(C)c1ccccc1/N=C(\S)NC(=O)/N=C1\C=CC2C(=C1)C=Cc1c2ncn1-c1ccc(OC(F)(F)F)cc1. The van der Waals surface area contributed by atoms with Crippen molar-refractivity contribution in [2.45, 2.75) is 32.0 Å². The minimum absolute atomic E-state index is 0.138. The molecule has 204 valence electrons. The van der Waals surface area contributed by atoms with Crippen LogP contribution < -0.4 is 10.1 Å². The normalized spacial score (nSPS) is 17.5. The number of imidazole rings is 1. The maximum Gasteiger partial charge on any atom is 0.573 e. The predicted molar refractivity (Wildman–Crippen MR) is 152 cm³/mol. The fourth-order valence-electron chi connectivity index (χ4n) is 4.51. The number of para-hydroxylation sites is 1. The van der Waals surface area contributed by atoms with Crippen molar-refractivity contribution in [3.63, 3.8) is 0 Å². The Bertz CT molecular complexity index is 1600. The first kappa shape index (κ1) is 27.2. The number of allylic oxidation sites excluding steroid dienone is 5. The van der Waals surface area contributed by atoms with Crippen molar-refractivity contribution in [3.05, 3.63) is 102 Å². The molecule has 0 bridgehead atoms. The van der Waals surface area contributed by atoms with Gasteiger partial charge in [0.05, 0.1) is 22.8 Å². The molecule has 2 amide bonds. The number of hydrogen-bond acceptors (Lipinski definition) is 4. The van der Waals surface area contributed by atoms with Gasteiger partial charge in [-0.25, -0.2) is 14.8 Å². The van der Waals surface area contributed by atoms with Crippen LogP contribution in [0, 0.1) is 0 Å². The Kier molecular flexibility index (Phi) is 7.49. The van der Waals surface area contributed by atoms with Crippen molar-refractivity contribution in [2.24, 2.45) is 9.98 Å². The monoisotopic (exact) mass is 563 g/mol. The number of aliphatic imine (C=N–C) groups is 2. The molecule has 2 aliphatic rings. The van der Waals surface area contributed by atoms with Crippen molar-refractivity contribution in [1.82, 2.24) is 14.9 Å². The Hall–Kier alpha value is -4.38. The van der Waals surface area contributed by atoms with E-state index < -0.39 is 12.4 Å². The number of amides is 2. The first-order valence-electron chi connectivity index (χ1n) is 12.3. The lowest BCUT2D eigenvalue weighted by molar-refractivity contribution is -0.274. The maximum absolute atomic E-state index is 12.6. The van der Waals surface area contributed by atoms with E-state index in [2.05, 4.69) is 51.5 Å². The molecule has 2 aliphatic carbocycles. The summed E-state index contributed by atoms with van der Waals surface area (Å²) in [7, 11) is 0. The molecule has 0 aliphatic heterocycles. The van der Waals surface area contributed by atoms with Crippen molar-refractivity contribution < 1.29 is 22.7 Å². The van der Waals surface area contributed by atoms with Gasteiger partial charge >= 0.3 is 12.4 Å². The summed E-state index contributed by atoms with van der Waals surface area (Å²) in [6.07, 6.45) is 6.07. The second kappa shape index (κ2) is 11.0. The number of ether oxygens (including phenoxy) is 1. The van der Waals surface area contributed by atoms with Gasteiger partial charge in [0.1, 0.15) is 12.1 Å². The number of hydrogen-bond donors (Lipinski definition) is 2. The maximum atomic E-state index is 12.6. The summed E-state index contributed by atoms with van der Waals surface area (Å²) in [4.78, 5) is 25.7. The molecule has 1 heterocycles. The number of aromatic nitrogens is 2. The lowest BCUT2D eigenvalue weighted by Crippen LogP contribution is -2.24. The van der Waals surface area contributed by atoms with Crippen LogP contribution in [0.15, 0.2) is 94.7 Å². The van der Waals surface area contributed by atoms with E-state index >= 15 is 0 Å². The molecule has 0 saturated carbocycles. The highest BCUT2D eigenvalue weighted by atomic mass is 32.1.